The van der Waals surface area contributed by atoms with Crippen molar-refractivity contribution in [2.75, 3.05) is 7.11 Å². The molecule has 0 aliphatic rings. The molecule has 2 N–H and O–H groups in total. The van der Waals surface area contributed by atoms with Crippen LogP contribution >= 0.6 is 0 Å². The second-order valence-corrected chi connectivity index (χ2v) is 8.25. The minimum Gasteiger partial charge on any atom is -0.497 e. The fourth-order valence-electron chi connectivity index (χ4n) is 3.26. The molecule has 0 unspecified atom stereocenters. The van der Waals surface area contributed by atoms with Crippen LogP contribution in [0.1, 0.15) is 11.5 Å². The van der Waals surface area contributed by atoms with E-state index in [4.69, 9.17) is 14.3 Å². The summed E-state index contributed by atoms with van der Waals surface area (Å²) in [5.74, 6) is 1.58. The Balaban J connectivity index is 1.91. The van der Waals surface area contributed by atoms with Gasteiger partial charge >= 0.3 is 0 Å². The molecule has 0 saturated carbocycles. The van der Waals surface area contributed by atoms with Gasteiger partial charge in [-0.05, 0) is 23.8 Å². The minimum atomic E-state index is -3.95. The van der Waals surface area contributed by atoms with Gasteiger partial charge in [0.1, 0.15) is 11.4 Å². The fraction of sp³-hybridized carbons (Fsp3) is 0.0870. The number of nitrogens with two attached hydrogens (primary N) is 1. The number of primary sulfonamides is 1. The molecule has 0 aliphatic heterocycles. The van der Waals surface area contributed by atoms with Gasteiger partial charge in [0.15, 0.2) is 11.7 Å². The van der Waals surface area contributed by atoms with Crippen LogP contribution in [0.4, 0.5) is 0 Å². The molecule has 6 nitrogen and oxygen atoms in total. The zero-order valence-corrected chi connectivity index (χ0v) is 17.1. The molecule has 1 heterocycles. The largest absolute Gasteiger partial charge is 0.497 e. The van der Waals surface area contributed by atoms with Crippen molar-refractivity contribution in [3.8, 4) is 28.3 Å². The van der Waals surface area contributed by atoms with Gasteiger partial charge in [0.2, 0.25) is 10.0 Å². The number of hydrogen-bond acceptors (Lipinski definition) is 5. The molecule has 4 rings (SSSR count). The highest BCUT2D eigenvalue weighted by Crippen LogP contribution is 2.37. The first-order chi connectivity index (χ1) is 14.5. The Bertz CT molecular complexity index is 1280. The first-order valence-corrected chi connectivity index (χ1v) is 10.8. The lowest BCUT2D eigenvalue weighted by molar-refractivity contribution is 0.414. The average molecular weight is 420 g/mol. The van der Waals surface area contributed by atoms with E-state index in [0.29, 0.717) is 35.1 Å². The third-order valence-corrected chi connectivity index (χ3v) is 5.62. The van der Waals surface area contributed by atoms with Crippen LogP contribution in [0.25, 0.3) is 22.6 Å². The van der Waals surface area contributed by atoms with Crippen molar-refractivity contribution in [2.45, 2.75) is 11.3 Å². The molecule has 0 fully saturated rings. The van der Waals surface area contributed by atoms with E-state index in [1.165, 1.54) is 6.07 Å². The third kappa shape index (κ3) is 4.12. The van der Waals surface area contributed by atoms with Gasteiger partial charge in [-0.3, -0.25) is 0 Å². The molecule has 30 heavy (non-hydrogen) atoms. The molecule has 3 aromatic carbocycles. The summed E-state index contributed by atoms with van der Waals surface area (Å²) in [5, 5.41) is 5.45. The van der Waals surface area contributed by atoms with E-state index >= 15 is 0 Å². The summed E-state index contributed by atoms with van der Waals surface area (Å²) in [5.41, 5.74) is 2.56. The maximum atomic E-state index is 12.2. The average Bonchev–Trinajstić information content (AvgIpc) is 3.17. The number of oxazole rings is 1. The van der Waals surface area contributed by atoms with Gasteiger partial charge in [0.25, 0.3) is 0 Å². The summed E-state index contributed by atoms with van der Waals surface area (Å²) in [4.78, 5) is 4.65. The highest BCUT2D eigenvalue weighted by atomic mass is 32.2. The molecule has 0 aliphatic carbocycles. The van der Waals surface area contributed by atoms with Gasteiger partial charge in [-0.1, -0.05) is 60.7 Å². The monoisotopic (exact) mass is 420 g/mol. The summed E-state index contributed by atoms with van der Waals surface area (Å²) < 4.78 is 35.8. The van der Waals surface area contributed by atoms with E-state index in [0.717, 1.165) is 11.1 Å². The van der Waals surface area contributed by atoms with Gasteiger partial charge in [0, 0.05) is 17.5 Å². The van der Waals surface area contributed by atoms with Gasteiger partial charge in [-0.2, -0.15) is 0 Å². The smallest absolute Gasteiger partial charge is 0.238 e. The highest BCUT2D eigenvalue weighted by Gasteiger charge is 2.23. The number of rotatable bonds is 6. The van der Waals surface area contributed by atoms with E-state index in [1.807, 2.05) is 54.6 Å². The van der Waals surface area contributed by atoms with E-state index in [-0.39, 0.29) is 4.90 Å². The van der Waals surface area contributed by atoms with Crippen molar-refractivity contribution in [2.24, 2.45) is 5.14 Å². The van der Waals surface area contributed by atoms with Crippen molar-refractivity contribution in [1.82, 2.24) is 4.98 Å². The topological polar surface area (TPSA) is 95.4 Å². The number of aromatic nitrogens is 1. The first-order valence-electron chi connectivity index (χ1n) is 9.26. The molecule has 0 amide bonds. The Kier molecular flexibility index (Phi) is 5.39. The van der Waals surface area contributed by atoms with Crippen LogP contribution in [-0.2, 0) is 16.4 Å². The normalized spacial score (nSPS) is 11.4. The van der Waals surface area contributed by atoms with Crippen molar-refractivity contribution >= 4 is 10.0 Å². The van der Waals surface area contributed by atoms with E-state index in [9.17, 15) is 8.42 Å². The zero-order chi connectivity index (χ0) is 21.1. The predicted octanol–water partition coefficient (Wildman–Crippen LogP) is 4.26. The van der Waals surface area contributed by atoms with Gasteiger partial charge in [-0.15, -0.1) is 0 Å². The van der Waals surface area contributed by atoms with E-state index < -0.39 is 10.0 Å². The summed E-state index contributed by atoms with van der Waals surface area (Å²) in [6.07, 6.45) is 0.468. The van der Waals surface area contributed by atoms with Crippen LogP contribution in [0.5, 0.6) is 5.75 Å². The van der Waals surface area contributed by atoms with Gasteiger partial charge < -0.3 is 9.15 Å². The lowest BCUT2D eigenvalue weighted by Gasteiger charge is -2.07. The molecule has 0 saturated heterocycles. The second kappa shape index (κ2) is 8.14. The Morgan fingerprint density at radius 1 is 0.967 bits per heavy atom. The van der Waals surface area contributed by atoms with Crippen LogP contribution in [-0.4, -0.2) is 20.5 Å². The van der Waals surface area contributed by atoms with E-state index in [1.54, 1.807) is 25.3 Å². The molecule has 0 spiro atoms. The Labute approximate surface area is 175 Å². The number of nitrogens with zero attached hydrogens (tertiary/aromatic N) is 1. The number of sulfonamides is 1. The summed E-state index contributed by atoms with van der Waals surface area (Å²) in [6.45, 7) is 0. The molecule has 7 heteroatoms. The van der Waals surface area contributed by atoms with Crippen molar-refractivity contribution in [3.05, 3.63) is 90.3 Å². The quantitative estimate of drug-likeness (QED) is 0.503. The minimum absolute atomic E-state index is 0.00583. The SMILES string of the molecule is COc1cccc(-c2oc(Cc3ccccc3)nc2-c2ccccc2S(N)(=O)=O)c1. The Morgan fingerprint density at radius 3 is 2.43 bits per heavy atom. The van der Waals surface area contributed by atoms with Gasteiger partial charge in [-0.25, -0.2) is 18.5 Å². The van der Waals surface area contributed by atoms with Crippen LogP contribution < -0.4 is 9.88 Å². The predicted molar refractivity (Wildman–Crippen MR) is 115 cm³/mol. The maximum absolute atomic E-state index is 12.2. The third-order valence-electron chi connectivity index (χ3n) is 4.65. The number of hydrogen-bond donors (Lipinski definition) is 1. The molecule has 1 aromatic heterocycles. The summed E-state index contributed by atoms with van der Waals surface area (Å²) >= 11 is 0. The standard InChI is InChI=1S/C23H20N2O4S/c1-28-18-11-7-10-17(15-18)23-22(19-12-5-6-13-20(19)30(24,26)27)25-21(29-23)14-16-8-3-2-4-9-16/h2-13,15H,14H2,1H3,(H2,24,26,27). The van der Waals surface area contributed by atoms with Crippen LogP contribution in [0, 0.1) is 0 Å². The van der Waals surface area contributed by atoms with E-state index in [2.05, 4.69) is 4.98 Å². The molecule has 0 bridgehead atoms. The lowest BCUT2D eigenvalue weighted by atomic mass is 10.1. The Hall–Kier alpha value is -3.42. The summed E-state index contributed by atoms with van der Waals surface area (Å²) in [7, 11) is -2.37. The molecule has 4 aromatic rings. The molecule has 0 atom stereocenters. The van der Waals surface area contributed by atoms with Crippen molar-refractivity contribution in [3.63, 3.8) is 0 Å². The van der Waals surface area contributed by atoms with Crippen molar-refractivity contribution in [1.29, 1.82) is 0 Å². The molecular weight excluding hydrogens is 400 g/mol. The number of benzene rings is 3. The number of ether oxygens (including phenoxy) is 1. The van der Waals surface area contributed by atoms with Crippen LogP contribution in [0.15, 0.2) is 88.2 Å². The molecule has 0 radical (unpaired) electrons. The summed E-state index contributed by atoms with van der Waals surface area (Å²) in [6, 6.07) is 23.6. The highest BCUT2D eigenvalue weighted by molar-refractivity contribution is 7.89. The van der Waals surface area contributed by atoms with Gasteiger partial charge in [0.05, 0.1) is 12.0 Å². The number of methoxy groups -OCH3 is 1. The maximum Gasteiger partial charge on any atom is 0.238 e. The van der Waals surface area contributed by atoms with Crippen LogP contribution in [0.3, 0.4) is 0 Å². The fourth-order valence-corrected chi connectivity index (χ4v) is 4.00. The molecule has 152 valence electrons. The van der Waals surface area contributed by atoms with Crippen LogP contribution in [0.2, 0.25) is 0 Å². The Morgan fingerprint density at radius 2 is 1.70 bits per heavy atom. The molecular formula is C23H20N2O4S. The first kappa shape index (κ1) is 19.9. The lowest BCUT2D eigenvalue weighted by Crippen LogP contribution is -2.13. The zero-order valence-electron chi connectivity index (χ0n) is 16.3. The second-order valence-electron chi connectivity index (χ2n) is 6.72. The van der Waals surface area contributed by atoms with Crippen molar-refractivity contribution < 1.29 is 17.6 Å².